The van der Waals surface area contributed by atoms with Gasteiger partial charge < -0.3 is 4.90 Å². The largest absolute Gasteiger partial charge is 0.341 e. The van der Waals surface area contributed by atoms with Crippen LogP contribution in [0.25, 0.3) is 21.6 Å². The molecule has 1 atom stereocenters. The SMILES string of the molecule is O=C(CSc1nnc(-c2ccccc2F)n1C1CC1)N1CCC[C@@H](c2nc3ccccc3s2)C1. The zero-order chi connectivity index (χ0) is 23.1. The molecule has 9 heteroatoms. The quantitative estimate of drug-likeness (QED) is 0.331. The van der Waals surface area contributed by atoms with Gasteiger partial charge in [-0.05, 0) is 49.9 Å². The van der Waals surface area contributed by atoms with E-state index in [1.807, 2.05) is 27.7 Å². The van der Waals surface area contributed by atoms with E-state index in [1.54, 1.807) is 29.5 Å². The average molecular weight is 494 g/mol. The summed E-state index contributed by atoms with van der Waals surface area (Å²) in [7, 11) is 0. The highest BCUT2D eigenvalue weighted by molar-refractivity contribution is 7.99. The molecule has 1 saturated heterocycles. The second kappa shape index (κ2) is 9.11. The highest BCUT2D eigenvalue weighted by Gasteiger charge is 2.32. The Balaban J connectivity index is 1.15. The fraction of sp³-hybridized carbons (Fsp3) is 0.360. The predicted molar refractivity (Wildman–Crippen MR) is 133 cm³/mol. The van der Waals surface area contributed by atoms with Crippen LogP contribution in [0.1, 0.15) is 42.7 Å². The maximum Gasteiger partial charge on any atom is 0.233 e. The summed E-state index contributed by atoms with van der Waals surface area (Å²) in [6.45, 7) is 1.48. The molecule has 2 aromatic heterocycles. The van der Waals surface area contributed by atoms with Gasteiger partial charge in [0, 0.05) is 25.0 Å². The molecule has 1 aliphatic heterocycles. The Kier molecular flexibility index (Phi) is 5.82. The van der Waals surface area contributed by atoms with Gasteiger partial charge in [0.2, 0.25) is 5.91 Å². The lowest BCUT2D eigenvalue weighted by Gasteiger charge is -2.31. The van der Waals surface area contributed by atoms with Gasteiger partial charge in [0.25, 0.3) is 0 Å². The number of fused-ring (bicyclic) bond motifs is 1. The molecule has 34 heavy (non-hydrogen) atoms. The van der Waals surface area contributed by atoms with Gasteiger partial charge >= 0.3 is 0 Å². The zero-order valence-electron chi connectivity index (χ0n) is 18.6. The van der Waals surface area contributed by atoms with E-state index in [-0.39, 0.29) is 23.7 Å². The molecule has 2 fully saturated rings. The van der Waals surface area contributed by atoms with Crippen molar-refractivity contribution in [2.45, 2.75) is 42.8 Å². The van der Waals surface area contributed by atoms with Crippen molar-refractivity contribution in [3.8, 4) is 11.4 Å². The molecule has 1 aliphatic carbocycles. The van der Waals surface area contributed by atoms with Crippen LogP contribution >= 0.6 is 23.1 Å². The zero-order valence-corrected chi connectivity index (χ0v) is 20.2. The molecule has 1 saturated carbocycles. The summed E-state index contributed by atoms with van der Waals surface area (Å²) in [5.41, 5.74) is 1.49. The van der Waals surface area contributed by atoms with E-state index in [0.717, 1.165) is 42.8 Å². The van der Waals surface area contributed by atoms with E-state index in [9.17, 15) is 9.18 Å². The molecular formula is C25H24FN5OS2. The number of likely N-dealkylation sites (tertiary alicyclic amines) is 1. The number of rotatable bonds is 6. The normalized spacial score (nSPS) is 18.5. The van der Waals surface area contributed by atoms with Gasteiger partial charge in [-0.3, -0.25) is 9.36 Å². The number of hydrogen-bond donors (Lipinski definition) is 0. The number of amides is 1. The first-order valence-corrected chi connectivity index (χ1v) is 13.4. The van der Waals surface area contributed by atoms with Crippen LogP contribution in [0.15, 0.2) is 53.7 Å². The van der Waals surface area contributed by atoms with Gasteiger partial charge in [0.05, 0.1) is 26.5 Å². The lowest BCUT2D eigenvalue weighted by molar-refractivity contribution is -0.129. The number of thioether (sulfide) groups is 1. The van der Waals surface area contributed by atoms with Crippen molar-refractivity contribution in [3.63, 3.8) is 0 Å². The van der Waals surface area contributed by atoms with Crippen molar-refractivity contribution in [2.75, 3.05) is 18.8 Å². The number of thiazole rings is 1. The molecule has 3 heterocycles. The summed E-state index contributed by atoms with van der Waals surface area (Å²) in [5, 5.41) is 10.4. The van der Waals surface area contributed by atoms with E-state index < -0.39 is 0 Å². The third-order valence-electron chi connectivity index (χ3n) is 6.45. The molecule has 174 valence electrons. The molecule has 6 rings (SSSR count). The molecular weight excluding hydrogens is 469 g/mol. The average Bonchev–Trinajstić information content (AvgIpc) is 3.46. The summed E-state index contributed by atoms with van der Waals surface area (Å²) in [4.78, 5) is 19.9. The number of carbonyl (C=O) groups excluding carboxylic acids is 1. The summed E-state index contributed by atoms with van der Waals surface area (Å²) < 4.78 is 17.6. The van der Waals surface area contributed by atoms with E-state index in [0.29, 0.717) is 28.8 Å². The molecule has 2 aliphatic rings. The first kappa shape index (κ1) is 21.7. The molecule has 0 N–H and O–H groups in total. The van der Waals surface area contributed by atoms with E-state index >= 15 is 0 Å². The monoisotopic (exact) mass is 493 g/mol. The van der Waals surface area contributed by atoms with Crippen LogP contribution in [0.2, 0.25) is 0 Å². The predicted octanol–water partition coefficient (Wildman–Crippen LogP) is 5.53. The Labute approximate surface area is 205 Å². The Morgan fingerprint density at radius 2 is 1.91 bits per heavy atom. The van der Waals surface area contributed by atoms with E-state index in [2.05, 4.69) is 16.3 Å². The van der Waals surface area contributed by atoms with Crippen LogP contribution in [0, 0.1) is 5.82 Å². The summed E-state index contributed by atoms with van der Waals surface area (Å²) in [5.74, 6) is 0.925. The van der Waals surface area contributed by atoms with Crippen molar-refractivity contribution < 1.29 is 9.18 Å². The minimum absolute atomic E-state index is 0.105. The summed E-state index contributed by atoms with van der Waals surface area (Å²) in [6.07, 6.45) is 4.08. The highest BCUT2D eigenvalue weighted by Crippen LogP contribution is 2.41. The van der Waals surface area contributed by atoms with Gasteiger partial charge in [-0.15, -0.1) is 21.5 Å². The van der Waals surface area contributed by atoms with Crippen LogP contribution in [0.5, 0.6) is 0 Å². The van der Waals surface area contributed by atoms with Crippen LogP contribution in [0.4, 0.5) is 4.39 Å². The van der Waals surface area contributed by atoms with Crippen molar-refractivity contribution in [2.24, 2.45) is 0 Å². The molecule has 0 unspecified atom stereocenters. The Morgan fingerprint density at radius 1 is 1.09 bits per heavy atom. The molecule has 0 spiro atoms. The number of piperidine rings is 1. The number of aromatic nitrogens is 4. The maximum absolute atomic E-state index is 14.4. The van der Waals surface area contributed by atoms with Crippen LogP contribution < -0.4 is 0 Å². The van der Waals surface area contributed by atoms with Crippen LogP contribution in [0.3, 0.4) is 0 Å². The topological polar surface area (TPSA) is 63.9 Å². The van der Waals surface area contributed by atoms with Crippen LogP contribution in [-0.4, -0.2) is 49.4 Å². The Bertz CT molecular complexity index is 1320. The second-order valence-corrected chi connectivity index (χ2v) is 10.9. The lowest BCUT2D eigenvalue weighted by atomic mass is 9.99. The first-order valence-electron chi connectivity index (χ1n) is 11.6. The van der Waals surface area contributed by atoms with Crippen molar-refractivity contribution in [3.05, 3.63) is 59.4 Å². The van der Waals surface area contributed by atoms with Gasteiger partial charge in [-0.25, -0.2) is 9.37 Å². The number of nitrogens with zero attached hydrogens (tertiary/aromatic N) is 5. The van der Waals surface area contributed by atoms with E-state index in [1.165, 1.54) is 22.5 Å². The molecule has 2 aromatic carbocycles. The fourth-order valence-corrected chi connectivity index (χ4v) is 6.55. The third-order valence-corrected chi connectivity index (χ3v) is 8.58. The number of carbonyl (C=O) groups is 1. The number of halogens is 1. The maximum atomic E-state index is 14.4. The third kappa shape index (κ3) is 4.22. The standard InChI is InChI=1S/C25H24FN5OS2/c26-19-8-2-1-7-18(19)23-28-29-25(31(23)17-11-12-17)33-15-22(32)30-13-5-6-16(14-30)24-27-20-9-3-4-10-21(20)34-24/h1-4,7-10,16-17H,5-6,11-15H2/t16-/m1/s1. The number of benzene rings is 2. The van der Waals surface area contributed by atoms with Crippen molar-refractivity contribution >= 4 is 39.2 Å². The van der Waals surface area contributed by atoms with E-state index in [4.69, 9.17) is 4.98 Å². The molecule has 4 aromatic rings. The van der Waals surface area contributed by atoms with Crippen molar-refractivity contribution in [1.82, 2.24) is 24.6 Å². The summed E-state index contributed by atoms with van der Waals surface area (Å²) in [6, 6.07) is 15.1. The molecule has 0 radical (unpaired) electrons. The number of hydrogen-bond acceptors (Lipinski definition) is 6. The lowest BCUT2D eigenvalue weighted by Crippen LogP contribution is -2.40. The number of para-hydroxylation sites is 1. The van der Waals surface area contributed by atoms with Gasteiger partial charge in [-0.1, -0.05) is 36.0 Å². The first-order chi connectivity index (χ1) is 16.7. The van der Waals surface area contributed by atoms with Gasteiger partial charge in [0.1, 0.15) is 5.82 Å². The van der Waals surface area contributed by atoms with Gasteiger partial charge in [-0.2, -0.15) is 0 Å². The van der Waals surface area contributed by atoms with Crippen LogP contribution in [-0.2, 0) is 4.79 Å². The minimum atomic E-state index is -0.307. The highest BCUT2D eigenvalue weighted by atomic mass is 32.2. The molecule has 6 nitrogen and oxygen atoms in total. The van der Waals surface area contributed by atoms with Crippen molar-refractivity contribution in [1.29, 1.82) is 0 Å². The second-order valence-electron chi connectivity index (χ2n) is 8.87. The fourth-order valence-electron chi connectivity index (χ4n) is 4.55. The Hall–Kier alpha value is -2.78. The smallest absolute Gasteiger partial charge is 0.233 e. The molecule has 0 bridgehead atoms. The molecule has 1 amide bonds. The minimum Gasteiger partial charge on any atom is -0.341 e. The summed E-state index contributed by atoms with van der Waals surface area (Å²) >= 11 is 3.14. The Morgan fingerprint density at radius 3 is 2.74 bits per heavy atom. The van der Waals surface area contributed by atoms with Gasteiger partial charge in [0.15, 0.2) is 11.0 Å².